The Morgan fingerprint density at radius 1 is 1.25 bits per heavy atom. The second kappa shape index (κ2) is 8.04. The number of amides is 2. The molecule has 1 aromatic rings. The van der Waals surface area contributed by atoms with Crippen molar-refractivity contribution in [3.8, 4) is 5.75 Å². The molecule has 0 spiro atoms. The Morgan fingerprint density at radius 3 is 2.50 bits per heavy atom. The Balaban J connectivity index is 2.22. The number of aliphatic carboxylic acids is 1. The van der Waals surface area contributed by atoms with Crippen molar-refractivity contribution in [2.75, 3.05) is 13.1 Å². The van der Waals surface area contributed by atoms with Gasteiger partial charge in [0.15, 0.2) is 0 Å². The number of hydrogen-bond donors (Lipinski definition) is 3. The van der Waals surface area contributed by atoms with E-state index in [1.165, 1.54) is 0 Å². The number of benzene rings is 1. The Morgan fingerprint density at radius 2 is 1.90 bits per heavy atom. The summed E-state index contributed by atoms with van der Waals surface area (Å²) in [5.41, 5.74) is 1.15. The molecule has 0 aliphatic heterocycles. The first-order valence-corrected chi connectivity index (χ1v) is 6.44. The summed E-state index contributed by atoms with van der Waals surface area (Å²) >= 11 is 0. The van der Waals surface area contributed by atoms with Gasteiger partial charge in [-0.25, -0.2) is 4.79 Å². The van der Waals surface area contributed by atoms with Crippen molar-refractivity contribution in [1.29, 1.82) is 0 Å². The number of rotatable bonds is 7. The quantitative estimate of drug-likeness (QED) is 0.707. The minimum atomic E-state index is -0.943. The fourth-order valence-corrected chi connectivity index (χ4v) is 1.47. The van der Waals surface area contributed by atoms with Gasteiger partial charge in [0, 0.05) is 6.54 Å². The van der Waals surface area contributed by atoms with Gasteiger partial charge in [-0.15, -0.1) is 0 Å². The summed E-state index contributed by atoms with van der Waals surface area (Å²) in [6, 6.07) is 7.25. The van der Waals surface area contributed by atoms with Crippen LogP contribution in [0.4, 0.5) is 4.79 Å². The molecule has 0 bridgehead atoms. The smallest absolute Gasteiger partial charge is 0.314 e. The van der Waals surface area contributed by atoms with Crippen molar-refractivity contribution in [3.05, 3.63) is 29.8 Å². The molecule has 2 amide bonds. The van der Waals surface area contributed by atoms with E-state index in [1.807, 2.05) is 38.1 Å². The molecule has 110 valence electrons. The van der Waals surface area contributed by atoms with E-state index >= 15 is 0 Å². The van der Waals surface area contributed by atoms with Crippen molar-refractivity contribution in [1.82, 2.24) is 10.6 Å². The number of nitrogens with one attached hydrogen (secondary N) is 2. The Bertz CT molecular complexity index is 445. The molecular weight excluding hydrogens is 260 g/mol. The lowest BCUT2D eigenvalue weighted by Crippen LogP contribution is -2.41. The molecule has 1 aromatic carbocycles. The van der Waals surface area contributed by atoms with Gasteiger partial charge in [0.1, 0.15) is 11.9 Å². The number of aryl methyl sites for hydroxylation is 1. The summed E-state index contributed by atoms with van der Waals surface area (Å²) in [7, 11) is 0. The molecule has 0 fully saturated rings. The Hall–Kier alpha value is -2.24. The molecule has 1 unspecified atom stereocenters. The van der Waals surface area contributed by atoms with E-state index in [-0.39, 0.29) is 19.1 Å². The molecular formula is C14H20N2O4. The number of carbonyl (C=O) groups is 2. The second-order valence-electron chi connectivity index (χ2n) is 4.52. The van der Waals surface area contributed by atoms with Crippen molar-refractivity contribution in [2.24, 2.45) is 0 Å². The highest BCUT2D eigenvalue weighted by Crippen LogP contribution is 2.12. The molecule has 0 saturated heterocycles. The topological polar surface area (TPSA) is 87.7 Å². The van der Waals surface area contributed by atoms with E-state index in [0.717, 1.165) is 11.3 Å². The summed E-state index contributed by atoms with van der Waals surface area (Å²) in [5.74, 6) is -0.197. The van der Waals surface area contributed by atoms with Crippen molar-refractivity contribution in [3.63, 3.8) is 0 Å². The summed E-state index contributed by atoms with van der Waals surface area (Å²) in [6.45, 7) is 4.29. The predicted molar refractivity (Wildman–Crippen MR) is 74.9 cm³/mol. The third kappa shape index (κ3) is 6.63. The Kier molecular flexibility index (Phi) is 6.36. The maximum Gasteiger partial charge on any atom is 0.314 e. The van der Waals surface area contributed by atoms with Gasteiger partial charge in [0.05, 0.1) is 13.0 Å². The van der Waals surface area contributed by atoms with E-state index in [4.69, 9.17) is 9.84 Å². The van der Waals surface area contributed by atoms with Gasteiger partial charge in [-0.3, -0.25) is 4.79 Å². The van der Waals surface area contributed by atoms with Crippen molar-refractivity contribution < 1.29 is 19.4 Å². The number of carbonyl (C=O) groups excluding carboxylic acids is 1. The fraction of sp³-hybridized carbons (Fsp3) is 0.429. The molecule has 20 heavy (non-hydrogen) atoms. The number of carboxylic acids is 1. The van der Waals surface area contributed by atoms with Crippen LogP contribution in [0, 0.1) is 6.92 Å². The average molecular weight is 280 g/mol. The van der Waals surface area contributed by atoms with Gasteiger partial charge in [-0.05, 0) is 26.0 Å². The van der Waals surface area contributed by atoms with Gasteiger partial charge >= 0.3 is 12.0 Å². The van der Waals surface area contributed by atoms with E-state index in [2.05, 4.69) is 10.6 Å². The minimum Gasteiger partial charge on any atom is -0.489 e. The molecule has 0 aromatic heterocycles. The largest absolute Gasteiger partial charge is 0.489 e. The summed E-state index contributed by atoms with van der Waals surface area (Å²) in [5, 5.41) is 13.5. The summed E-state index contributed by atoms with van der Waals surface area (Å²) in [4.78, 5) is 21.6. The molecule has 0 radical (unpaired) electrons. The SMILES string of the molecule is Cc1ccc(OC(C)CNC(=O)NCCC(=O)O)cc1. The normalized spacial score (nSPS) is 11.5. The third-order valence-corrected chi connectivity index (χ3v) is 2.53. The summed E-state index contributed by atoms with van der Waals surface area (Å²) < 4.78 is 5.63. The molecule has 1 atom stereocenters. The molecule has 6 heteroatoms. The highest BCUT2D eigenvalue weighted by atomic mass is 16.5. The maximum absolute atomic E-state index is 11.4. The lowest BCUT2D eigenvalue weighted by atomic mass is 10.2. The molecule has 1 rings (SSSR count). The van der Waals surface area contributed by atoms with E-state index in [0.29, 0.717) is 6.54 Å². The monoisotopic (exact) mass is 280 g/mol. The number of ether oxygens (including phenoxy) is 1. The highest BCUT2D eigenvalue weighted by molar-refractivity contribution is 5.74. The zero-order valence-corrected chi connectivity index (χ0v) is 11.7. The van der Waals surface area contributed by atoms with Crippen LogP contribution < -0.4 is 15.4 Å². The van der Waals surface area contributed by atoms with Crippen LogP contribution in [-0.2, 0) is 4.79 Å². The maximum atomic E-state index is 11.4. The predicted octanol–water partition coefficient (Wildman–Crippen LogP) is 1.54. The van der Waals surface area contributed by atoms with E-state index in [9.17, 15) is 9.59 Å². The van der Waals surface area contributed by atoms with Crippen LogP contribution in [0.25, 0.3) is 0 Å². The first kappa shape index (κ1) is 15.8. The van der Waals surface area contributed by atoms with Gasteiger partial charge in [-0.1, -0.05) is 17.7 Å². The molecule has 6 nitrogen and oxygen atoms in total. The standard InChI is InChI=1S/C14H20N2O4/c1-10-3-5-12(6-4-10)20-11(2)9-16-14(19)15-8-7-13(17)18/h3-6,11H,7-9H2,1-2H3,(H,17,18)(H2,15,16,19). The zero-order valence-electron chi connectivity index (χ0n) is 11.7. The van der Waals surface area contributed by atoms with Crippen LogP contribution in [0.1, 0.15) is 18.9 Å². The number of hydrogen-bond acceptors (Lipinski definition) is 3. The van der Waals surface area contributed by atoms with E-state index in [1.54, 1.807) is 0 Å². The first-order chi connectivity index (χ1) is 9.47. The fourth-order valence-electron chi connectivity index (χ4n) is 1.47. The van der Waals surface area contributed by atoms with Gasteiger partial charge in [0.2, 0.25) is 0 Å². The van der Waals surface area contributed by atoms with Crippen molar-refractivity contribution >= 4 is 12.0 Å². The van der Waals surface area contributed by atoms with Crippen molar-refractivity contribution in [2.45, 2.75) is 26.4 Å². The molecule has 0 aliphatic carbocycles. The molecule has 0 heterocycles. The third-order valence-electron chi connectivity index (χ3n) is 2.53. The molecule has 0 saturated carbocycles. The highest BCUT2D eigenvalue weighted by Gasteiger charge is 2.07. The molecule has 0 aliphatic rings. The molecule has 3 N–H and O–H groups in total. The summed E-state index contributed by atoms with van der Waals surface area (Å²) in [6.07, 6.45) is -0.272. The number of carboxylic acid groups (broad SMARTS) is 1. The zero-order chi connectivity index (χ0) is 15.0. The van der Waals surface area contributed by atoms with Gasteiger partial charge in [0.25, 0.3) is 0 Å². The first-order valence-electron chi connectivity index (χ1n) is 6.44. The lowest BCUT2D eigenvalue weighted by Gasteiger charge is -2.15. The van der Waals surface area contributed by atoms with Crippen LogP contribution in [0.5, 0.6) is 5.75 Å². The second-order valence-corrected chi connectivity index (χ2v) is 4.52. The van der Waals surface area contributed by atoms with Crippen LogP contribution in [0.15, 0.2) is 24.3 Å². The Labute approximate surface area is 118 Å². The van der Waals surface area contributed by atoms with Gasteiger partial charge in [-0.2, -0.15) is 0 Å². The van der Waals surface area contributed by atoms with E-state index < -0.39 is 12.0 Å². The van der Waals surface area contributed by atoms with Crippen LogP contribution in [0.2, 0.25) is 0 Å². The lowest BCUT2D eigenvalue weighted by molar-refractivity contribution is -0.136. The van der Waals surface area contributed by atoms with Crippen LogP contribution in [-0.4, -0.2) is 36.3 Å². The van der Waals surface area contributed by atoms with Gasteiger partial charge < -0.3 is 20.5 Å². The van der Waals surface area contributed by atoms with Crippen LogP contribution in [0.3, 0.4) is 0 Å². The minimum absolute atomic E-state index is 0.0944. The van der Waals surface area contributed by atoms with Crippen LogP contribution >= 0.6 is 0 Å². The average Bonchev–Trinajstić information content (AvgIpc) is 2.39. The number of urea groups is 1.